The van der Waals surface area contributed by atoms with Crippen molar-refractivity contribution in [3.8, 4) is 0 Å². The highest BCUT2D eigenvalue weighted by Crippen LogP contribution is 2.14. The van der Waals surface area contributed by atoms with Gasteiger partial charge in [0.05, 0.1) is 12.7 Å². The van der Waals surface area contributed by atoms with E-state index in [1.54, 1.807) is 10.7 Å². The number of aryl methyl sites for hydroxylation is 1. The summed E-state index contributed by atoms with van der Waals surface area (Å²) in [7, 11) is 3.36. The molecule has 0 bridgehead atoms. The molecule has 0 spiro atoms. The van der Waals surface area contributed by atoms with Crippen molar-refractivity contribution in [3.63, 3.8) is 0 Å². The number of carbonyl (C=O) groups excluding carboxylic acids is 1. The lowest BCUT2D eigenvalue weighted by molar-refractivity contribution is 0.0587. The van der Waals surface area contributed by atoms with Crippen LogP contribution in [-0.2, 0) is 11.8 Å². The molecular weight excluding hydrogens is 246 g/mol. The van der Waals surface area contributed by atoms with Crippen LogP contribution in [0, 0.1) is 0 Å². The first-order valence-electron chi connectivity index (χ1n) is 6.44. The summed E-state index contributed by atoms with van der Waals surface area (Å²) in [5, 5.41) is 16.4. The number of aliphatic hydroxyl groups excluding tert-OH is 1. The number of aliphatic hydroxyl groups is 1. The molecule has 19 heavy (non-hydrogen) atoms. The van der Waals surface area contributed by atoms with Crippen LogP contribution in [0.15, 0.2) is 6.07 Å². The number of methoxy groups -OCH3 is 1. The Morgan fingerprint density at radius 1 is 1.58 bits per heavy atom. The molecule has 1 amide bonds. The third kappa shape index (κ3) is 4.65. The van der Waals surface area contributed by atoms with Crippen LogP contribution in [0.1, 0.15) is 42.4 Å². The molecule has 0 radical (unpaired) electrons. The Morgan fingerprint density at radius 3 is 2.79 bits per heavy atom. The molecular formula is C13H23N3O3. The highest BCUT2D eigenvalue weighted by Gasteiger charge is 2.14. The van der Waals surface area contributed by atoms with Gasteiger partial charge in [-0.1, -0.05) is 13.8 Å². The summed E-state index contributed by atoms with van der Waals surface area (Å²) in [5.74, 6) is 0.106. The molecule has 6 heteroatoms. The van der Waals surface area contributed by atoms with Crippen molar-refractivity contribution in [1.82, 2.24) is 15.1 Å². The van der Waals surface area contributed by atoms with Crippen molar-refractivity contribution in [2.24, 2.45) is 7.05 Å². The van der Waals surface area contributed by atoms with Gasteiger partial charge in [-0.3, -0.25) is 9.48 Å². The van der Waals surface area contributed by atoms with Crippen LogP contribution in [-0.4, -0.2) is 47.2 Å². The van der Waals surface area contributed by atoms with Crippen LogP contribution in [0.5, 0.6) is 0 Å². The van der Waals surface area contributed by atoms with E-state index in [-0.39, 0.29) is 12.5 Å². The standard InChI is InChI=1S/C13H23N3O3/c1-9(2)12-7-11(15-16(12)3)13(18)14-6-5-10(17)8-19-4/h7,9-10,17H,5-6,8H2,1-4H3,(H,14,18). The zero-order valence-corrected chi connectivity index (χ0v) is 12.0. The molecule has 0 aliphatic heterocycles. The maximum Gasteiger partial charge on any atom is 0.271 e. The lowest BCUT2D eigenvalue weighted by atomic mass is 10.1. The summed E-state index contributed by atoms with van der Waals surface area (Å²) in [5.41, 5.74) is 1.43. The number of hydrogen-bond acceptors (Lipinski definition) is 4. The largest absolute Gasteiger partial charge is 0.391 e. The van der Waals surface area contributed by atoms with E-state index in [0.717, 1.165) is 5.69 Å². The van der Waals surface area contributed by atoms with Crippen LogP contribution in [0.25, 0.3) is 0 Å². The second-order valence-corrected chi connectivity index (χ2v) is 4.89. The Labute approximate surface area is 113 Å². The molecule has 1 heterocycles. The van der Waals surface area contributed by atoms with Crippen LogP contribution >= 0.6 is 0 Å². The number of rotatable bonds is 7. The molecule has 0 fully saturated rings. The van der Waals surface area contributed by atoms with Crippen molar-refractivity contribution in [2.45, 2.75) is 32.3 Å². The lowest BCUT2D eigenvalue weighted by Crippen LogP contribution is -2.28. The number of hydrogen-bond donors (Lipinski definition) is 2. The molecule has 1 unspecified atom stereocenters. The molecule has 1 atom stereocenters. The van der Waals surface area contributed by atoms with Crippen molar-refractivity contribution in [1.29, 1.82) is 0 Å². The number of ether oxygens (including phenoxy) is 1. The van der Waals surface area contributed by atoms with Gasteiger partial charge in [-0.15, -0.1) is 0 Å². The molecule has 108 valence electrons. The minimum absolute atomic E-state index is 0.216. The van der Waals surface area contributed by atoms with Gasteiger partial charge >= 0.3 is 0 Å². The summed E-state index contributed by atoms with van der Waals surface area (Å²) in [6.07, 6.45) is -0.0936. The van der Waals surface area contributed by atoms with Gasteiger partial charge in [-0.25, -0.2) is 0 Å². The number of nitrogens with one attached hydrogen (secondary N) is 1. The predicted molar refractivity (Wildman–Crippen MR) is 72.1 cm³/mol. The average Bonchev–Trinajstić information content (AvgIpc) is 2.71. The molecule has 0 aromatic carbocycles. The van der Waals surface area contributed by atoms with E-state index in [2.05, 4.69) is 24.3 Å². The normalized spacial score (nSPS) is 12.7. The Balaban J connectivity index is 2.48. The number of aromatic nitrogens is 2. The van der Waals surface area contributed by atoms with Gasteiger partial charge in [0.2, 0.25) is 0 Å². The molecule has 0 saturated heterocycles. The topological polar surface area (TPSA) is 76.4 Å². The van der Waals surface area contributed by atoms with E-state index >= 15 is 0 Å². The zero-order valence-electron chi connectivity index (χ0n) is 12.0. The SMILES string of the molecule is COCC(O)CCNC(=O)c1cc(C(C)C)n(C)n1. The molecule has 1 aromatic rings. The maximum atomic E-state index is 11.9. The summed E-state index contributed by atoms with van der Waals surface area (Å²) >= 11 is 0. The van der Waals surface area contributed by atoms with Crippen LogP contribution in [0.3, 0.4) is 0 Å². The molecule has 0 saturated carbocycles. The Hall–Kier alpha value is -1.40. The first-order chi connectivity index (χ1) is 8.95. The quantitative estimate of drug-likeness (QED) is 0.763. The highest BCUT2D eigenvalue weighted by molar-refractivity contribution is 5.92. The van der Waals surface area contributed by atoms with E-state index in [1.165, 1.54) is 7.11 Å². The minimum Gasteiger partial charge on any atom is -0.391 e. The monoisotopic (exact) mass is 269 g/mol. The van der Waals surface area contributed by atoms with E-state index < -0.39 is 6.10 Å². The third-order valence-corrected chi connectivity index (χ3v) is 2.86. The highest BCUT2D eigenvalue weighted by atomic mass is 16.5. The molecule has 0 aliphatic carbocycles. The van der Waals surface area contributed by atoms with Gasteiger partial charge in [0.1, 0.15) is 5.69 Å². The molecule has 0 aliphatic rings. The van der Waals surface area contributed by atoms with Crippen molar-refractivity contribution >= 4 is 5.91 Å². The summed E-state index contributed by atoms with van der Waals surface area (Å²) in [4.78, 5) is 11.9. The first-order valence-corrected chi connectivity index (χ1v) is 6.44. The van der Waals surface area contributed by atoms with Gasteiger partial charge in [0.15, 0.2) is 0 Å². The number of carbonyl (C=O) groups is 1. The van der Waals surface area contributed by atoms with Gasteiger partial charge in [0, 0.05) is 26.4 Å². The average molecular weight is 269 g/mol. The number of nitrogens with zero attached hydrogens (tertiary/aromatic N) is 2. The Bertz CT molecular complexity index is 415. The van der Waals surface area contributed by atoms with Gasteiger partial charge in [-0.2, -0.15) is 5.10 Å². The minimum atomic E-state index is -0.555. The fourth-order valence-electron chi connectivity index (χ4n) is 1.85. The van der Waals surface area contributed by atoms with Gasteiger partial charge in [0.25, 0.3) is 5.91 Å². The van der Waals surface area contributed by atoms with E-state index in [1.807, 2.05) is 7.05 Å². The van der Waals surface area contributed by atoms with E-state index in [4.69, 9.17) is 4.74 Å². The van der Waals surface area contributed by atoms with Crippen LogP contribution < -0.4 is 5.32 Å². The van der Waals surface area contributed by atoms with E-state index in [9.17, 15) is 9.90 Å². The summed E-state index contributed by atoms with van der Waals surface area (Å²) in [6, 6.07) is 1.80. The Kier molecular flexibility index (Phi) is 5.98. The van der Waals surface area contributed by atoms with Gasteiger partial charge in [-0.05, 0) is 18.4 Å². The Morgan fingerprint density at radius 2 is 2.26 bits per heavy atom. The zero-order chi connectivity index (χ0) is 14.4. The maximum absolute atomic E-state index is 11.9. The fraction of sp³-hybridized carbons (Fsp3) is 0.692. The van der Waals surface area contributed by atoms with Crippen molar-refractivity contribution < 1.29 is 14.6 Å². The predicted octanol–water partition coefficient (Wildman–Crippen LogP) is 0.671. The van der Waals surface area contributed by atoms with Crippen LogP contribution in [0.4, 0.5) is 0 Å². The second kappa shape index (κ2) is 7.25. The van der Waals surface area contributed by atoms with Crippen LogP contribution in [0.2, 0.25) is 0 Å². The third-order valence-electron chi connectivity index (χ3n) is 2.86. The first kappa shape index (κ1) is 15.7. The van der Waals surface area contributed by atoms with E-state index in [0.29, 0.717) is 24.6 Å². The summed E-state index contributed by atoms with van der Waals surface area (Å²) < 4.78 is 6.53. The van der Waals surface area contributed by atoms with Crippen molar-refractivity contribution in [3.05, 3.63) is 17.5 Å². The molecule has 1 aromatic heterocycles. The number of amides is 1. The summed E-state index contributed by atoms with van der Waals surface area (Å²) in [6.45, 7) is 4.79. The molecule has 2 N–H and O–H groups in total. The van der Waals surface area contributed by atoms with Crippen molar-refractivity contribution in [2.75, 3.05) is 20.3 Å². The molecule has 1 rings (SSSR count). The second-order valence-electron chi connectivity index (χ2n) is 4.89. The van der Waals surface area contributed by atoms with Gasteiger partial charge < -0.3 is 15.2 Å². The molecule has 6 nitrogen and oxygen atoms in total. The fourth-order valence-corrected chi connectivity index (χ4v) is 1.85. The smallest absolute Gasteiger partial charge is 0.271 e. The lowest BCUT2D eigenvalue weighted by Gasteiger charge is -2.09.